The molecule has 0 aliphatic rings. The van der Waals surface area contributed by atoms with Crippen molar-refractivity contribution in [3.63, 3.8) is 0 Å². The molecule has 20 heavy (non-hydrogen) atoms. The summed E-state index contributed by atoms with van der Waals surface area (Å²) >= 11 is 3.37. The van der Waals surface area contributed by atoms with E-state index in [1.807, 2.05) is 24.3 Å². The van der Waals surface area contributed by atoms with Gasteiger partial charge in [0.1, 0.15) is 11.9 Å². The second-order valence-electron chi connectivity index (χ2n) is 4.21. The van der Waals surface area contributed by atoms with Gasteiger partial charge in [0.25, 0.3) is 0 Å². The standard InChI is InChI=1S/C14H8BrFN4/c15-9-1-4-13-12(6-9)19-14(18)20(13)10-2-3-11(16)8(5-10)7-17/h1-6H,(H2,18,19). The number of aromatic nitrogens is 2. The van der Waals surface area contributed by atoms with Crippen LogP contribution in [0.1, 0.15) is 5.56 Å². The summed E-state index contributed by atoms with van der Waals surface area (Å²) in [7, 11) is 0. The van der Waals surface area contributed by atoms with Crippen LogP contribution in [0, 0.1) is 17.1 Å². The molecule has 2 aromatic carbocycles. The minimum Gasteiger partial charge on any atom is -0.369 e. The molecule has 0 unspecified atom stereocenters. The molecule has 4 nitrogen and oxygen atoms in total. The van der Waals surface area contributed by atoms with Gasteiger partial charge in [0.2, 0.25) is 5.95 Å². The monoisotopic (exact) mass is 330 g/mol. The molecule has 1 aromatic heterocycles. The lowest BCUT2D eigenvalue weighted by atomic mass is 10.2. The zero-order chi connectivity index (χ0) is 14.3. The fourth-order valence-corrected chi connectivity index (χ4v) is 2.43. The molecular weight excluding hydrogens is 323 g/mol. The number of imidazole rings is 1. The maximum atomic E-state index is 13.4. The quantitative estimate of drug-likeness (QED) is 0.743. The third kappa shape index (κ3) is 1.92. The van der Waals surface area contributed by atoms with Crippen LogP contribution in [0.25, 0.3) is 16.7 Å². The molecule has 0 radical (unpaired) electrons. The van der Waals surface area contributed by atoms with Crippen LogP contribution in [0.2, 0.25) is 0 Å². The van der Waals surface area contributed by atoms with E-state index in [9.17, 15) is 4.39 Å². The predicted octanol–water partition coefficient (Wildman–Crippen LogP) is 3.38. The molecule has 1 heterocycles. The van der Waals surface area contributed by atoms with Gasteiger partial charge in [-0.15, -0.1) is 0 Å². The molecule has 3 rings (SSSR count). The number of anilines is 1. The second-order valence-corrected chi connectivity index (χ2v) is 5.13. The van der Waals surface area contributed by atoms with Gasteiger partial charge >= 0.3 is 0 Å². The maximum Gasteiger partial charge on any atom is 0.205 e. The summed E-state index contributed by atoms with van der Waals surface area (Å²) in [6.07, 6.45) is 0. The summed E-state index contributed by atoms with van der Waals surface area (Å²) < 4.78 is 16.0. The lowest BCUT2D eigenvalue weighted by Gasteiger charge is -2.07. The van der Waals surface area contributed by atoms with Crippen LogP contribution in [0.15, 0.2) is 40.9 Å². The SMILES string of the molecule is N#Cc1cc(-n2c(N)nc3cc(Br)ccc32)ccc1F. The minimum absolute atomic E-state index is 0.0270. The number of hydrogen-bond acceptors (Lipinski definition) is 3. The highest BCUT2D eigenvalue weighted by Crippen LogP contribution is 2.26. The van der Waals surface area contributed by atoms with E-state index in [-0.39, 0.29) is 11.5 Å². The van der Waals surface area contributed by atoms with Crippen molar-refractivity contribution in [1.82, 2.24) is 9.55 Å². The first kappa shape index (κ1) is 12.6. The summed E-state index contributed by atoms with van der Waals surface area (Å²) in [5.41, 5.74) is 8.01. The first-order valence-electron chi connectivity index (χ1n) is 5.73. The highest BCUT2D eigenvalue weighted by Gasteiger charge is 2.12. The van der Waals surface area contributed by atoms with Crippen LogP contribution in [-0.2, 0) is 0 Å². The minimum atomic E-state index is -0.554. The number of fused-ring (bicyclic) bond motifs is 1. The predicted molar refractivity (Wildman–Crippen MR) is 77.9 cm³/mol. The highest BCUT2D eigenvalue weighted by molar-refractivity contribution is 9.10. The van der Waals surface area contributed by atoms with Crippen molar-refractivity contribution in [2.24, 2.45) is 0 Å². The van der Waals surface area contributed by atoms with Crippen LogP contribution in [-0.4, -0.2) is 9.55 Å². The fourth-order valence-electron chi connectivity index (χ4n) is 2.08. The van der Waals surface area contributed by atoms with Crippen LogP contribution in [0.5, 0.6) is 0 Å². The van der Waals surface area contributed by atoms with Crippen molar-refractivity contribution in [2.75, 3.05) is 5.73 Å². The zero-order valence-corrected chi connectivity index (χ0v) is 11.7. The first-order chi connectivity index (χ1) is 9.60. The van der Waals surface area contributed by atoms with Gasteiger partial charge in [0.15, 0.2) is 0 Å². The molecule has 0 saturated carbocycles. The van der Waals surface area contributed by atoms with Gasteiger partial charge < -0.3 is 5.73 Å². The van der Waals surface area contributed by atoms with Gasteiger partial charge in [-0.3, -0.25) is 4.57 Å². The van der Waals surface area contributed by atoms with E-state index in [0.29, 0.717) is 5.69 Å². The Labute approximate surface area is 122 Å². The van der Waals surface area contributed by atoms with Gasteiger partial charge in [0.05, 0.1) is 22.3 Å². The molecule has 0 aliphatic carbocycles. The summed E-state index contributed by atoms with van der Waals surface area (Å²) in [5.74, 6) is -0.268. The molecule has 0 saturated heterocycles. The smallest absolute Gasteiger partial charge is 0.205 e. The number of nitrogens with zero attached hydrogens (tertiary/aromatic N) is 3. The second kappa shape index (κ2) is 4.62. The number of halogens is 2. The van der Waals surface area contributed by atoms with Crippen LogP contribution in [0.4, 0.5) is 10.3 Å². The largest absolute Gasteiger partial charge is 0.369 e. The van der Waals surface area contributed by atoms with E-state index in [0.717, 1.165) is 15.5 Å². The van der Waals surface area contributed by atoms with Gasteiger partial charge in [-0.2, -0.15) is 5.26 Å². The molecule has 98 valence electrons. The van der Waals surface area contributed by atoms with Crippen molar-refractivity contribution in [3.8, 4) is 11.8 Å². The third-order valence-corrected chi connectivity index (χ3v) is 3.46. The average Bonchev–Trinajstić information content (AvgIpc) is 2.74. The molecule has 0 spiro atoms. The van der Waals surface area contributed by atoms with Crippen molar-refractivity contribution in [2.45, 2.75) is 0 Å². The van der Waals surface area contributed by atoms with Crippen LogP contribution >= 0.6 is 15.9 Å². The Balaban J connectivity index is 2.29. The lowest BCUT2D eigenvalue weighted by molar-refractivity contribution is 0.623. The van der Waals surface area contributed by atoms with Gasteiger partial charge in [0, 0.05) is 4.47 Å². The number of nitrogens with two attached hydrogens (primary N) is 1. The van der Waals surface area contributed by atoms with E-state index in [4.69, 9.17) is 11.0 Å². The molecule has 3 aromatic rings. The van der Waals surface area contributed by atoms with E-state index in [2.05, 4.69) is 20.9 Å². The molecular formula is C14H8BrFN4. The van der Waals surface area contributed by atoms with Crippen LogP contribution < -0.4 is 5.73 Å². The molecule has 6 heteroatoms. The summed E-state index contributed by atoms with van der Waals surface area (Å²) in [6.45, 7) is 0. The van der Waals surface area contributed by atoms with Gasteiger partial charge in [-0.05, 0) is 36.4 Å². The molecule has 0 fully saturated rings. The first-order valence-corrected chi connectivity index (χ1v) is 6.53. The average molecular weight is 331 g/mol. The molecule has 0 amide bonds. The topological polar surface area (TPSA) is 67.6 Å². The maximum absolute atomic E-state index is 13.4. The van der Waals surface area contributed by atoms with Crippen molar-refractivity contribution in [3.05, 3.63) is 52.3 Å². The molecule has 0 aliphatic heterocycles. The summed E-state index contributed by atoms with van der Waals surface area (Å²) in [6, 6.07) is 11.7. The Kier molecular flexibility index (Phi) is 2.92. The molecule has 2 N–H and O–H groups in total. The van der Waals surface area contributed by atoms with Crippen molar-refractivity contribution >= 4 is 32.9 Å². The van der Waals surface area contributed by atoms with Gasteiger partial charge in [-0.25, -0.2) is 9.37 Å². The summed E-state index contributed by atoms with van der Waals surface area (Å²) in [5, 5.41) is 8.91. The van der Waals surface area contributed by atoms with E-state index in [1.54, 1.807) is 10.6 Å². The number of nitrogen functional groups attached to an aromatic ring is 1. The lowest BCUT2D eigenvalue weighted by Crippen LogP contribution is -2.01. The highest BCUT2D eigenvalue weighted by atomic mass is 79.9. The van der Waals surface area contributed by atoms with E-state index in [1.165, 1.54) is 12.1 Å². The number of hydrogen-bond donors (Lipinski definition) is 1. The van der Waals surface area contributed by atoms with Crippen molar-refractivity contribution in [1.29, 1.82) is 5.26 Å². The summed E-state index contributed by atoms with van der Waals surface area (Å²) in [4.78, 5) is 4.26. The van der Waals surface area contributed by atoms with Gasteiger partial charge in [-0.1, -0.05) is 15.9 Å². The number of benzene rings is 2. The Morgan fingerprint density at radius 2 is 2.05 bits per heavy atom. The van der Waals surface area contributed by atoms with Crippen LogP contribution in [0.3, 0.4) is 0 Å². The van der Waals surface area contributed by atoms with E-state index >= 15 is 0 Å². The Hall–Kier alpha value is -2.39. The third-order valence-electron chi connectivity index (χ3n) is 2.97. The Morgan fingerprint density at radius 3 is 2.80 bits per heavy atom. The Morgan fingerprint density at radius 1 is 1.25 bits per heavy atom. The van der Waals surface area contributed by atoms with E-state index < -0.39 is 5.82 Å². The zero-order valence-electron chi connectivity index (χ0n) is 10.1. The Bertz CT molecular complexity index is 863. The fraction of sp³-hybridized carbons (Fsp3) is 0. The normalized spacial score (nSPS) is 10.7. The number of nitriles is 1. The van der Waals surface area contributed by atoms with Crippen molar-refractivity contribution < 1.29 is 4.39 Å². The molecule has 0 atom stereocenters. The molecule has 0 bridgehead atoms. The number of rotatable bonds is 1.